The van der Waals surface area contributed by atoms with Crippen LogP contribution in [0.3, 0.4) is 0 Å². The molecule has 1 aliphatic rings. The monoisotopic (exact) mass is 563 g/mol. The lowest BCUT2D eigenvalue weighted by atomic mass is 9.99. The summed E-state index contributed by atoms with van der Waals surface area (Å²) in [7, 11) is 1.29. The van der Waals surface area contributed by atoms with E-state index in [1.807, 2.05) is 66.7 Å². The Labute approximate surface area is 241 Å². The first kappa shape index (κ1) is 29.6. The number of carbonyl (C=O) groups excluding carboxylic acids is 2. The van der Waals surface area contributed by atoms with Crippen LogP contribution in [0.5, 0.6) is 0 Å². The van der Waals surface area contributed by atoms with E-state index in [0.29, 0.717) is 13.0 Å². The molecule has 0 aliphatic carbocycles. The van der Waals surface area contributed by atoms with Gasteiger partial charge < -0.3 is 25.4 Å². The number of hydrogen-bond donors (Lipinski definition) is 3. The number of ether oxygens (including phenoxy) is 2. The number of halogens is 1. The van der Waals surface area contributed by atoms with Gasteiger partial charge in [-0.25, -0.2) is 4.79 Å². The van der Waals surface area contributed by atoms with Crippen LogP contribution in [0.4, 0.5) is 4.79 Å². The number of carbonyl (C=O) groups is 2. The smallest absolute Gasteiger partial charge is 0.407 e. The Balaban J connectivity index is 1.24. The highest BCUT2D eigenvalue weighted by Crippen LogP contribution is 2.21. The second kappa shape index (κ2) is 15.4. The van der Waals surface area contributed by atoms with Crippen molar-refractivity contribution < 1.29 is 19.1 Å². The van der Waals surface area contributed by atoms with Crippen molar-refractivity contribution in [2.24, 2.45) is 0 Å². The number of morpholine rings is 1. The number of alkyl carbamates (subject to hydrolysis) is 1. The zero-order valence-electron chi connectivity index (χ0n) is 22.9. The van der Waals surface area contributed by atoms with E-state index in [9.17, 15) is 9.59 Å². The summed E-state index contributed by atoms with van der Waals surface area (Å²) >= 11 is 5.98. The molecule has 3 aromatic rings. The van der Waals surface area contributed by atoms with Gasteiger partial charge in [0.1, 0.15) is 6.04 Å². The molecule has 40 heavy (non-hydrogen) atoms. The summed E-state index contributed by atoms with van der Waals surface area (Å²) in [5.74, 6) is -0.237. The van der Waals surface area contributed by atoms with Crippen LogP contribution < -0.4 is 16.0 Å². The Bertz CT molecular complexity index is 1220. The van der Waals surface area contributed by atoms with Crippen molar-refractivity contribution in [3.05, 3.63) is 95.0 Å². The van der Waals surface area contributed by atoms with Gasteiger partial charge >= 0.3 is 6.09 Å². The van der Waals surface area contributed by atoms with E-state index in [4.69, 9.17) is 21.1 Å². The topological polar surface area (TPSA) is 88.7 Å². The Morgan fingerprint density at radius 2 is 1.68 bits per heavy atom. The molecule has 1 saturated heterocycles. The summed E-state index contributed by atoms with van der Waals surface area (Å²) in [6.45, 7) is 2.14. The quantitative estimate of drug-likeness (QED) is 0.265. The van der Waals surface area contributed by atoms with Crippen molar-refractivity contribution >= 4 is 23.6 Å². The molecule has 2 amide bonds. The van der Waals surface area contributed by atoms with E-state index in [1.54, 1.807) is 0 Å². The van der Waals surface area contributed by atoms with Gasteiger partial charge in [-0.3, -0.25) is 4.79 Å². The first-order valence-electron chi connectivity index (χ1n) is 13.9. The highest BCUT2D eigenvalue weighted by Gasteiger charge is 2.23. The van der Waals surface area contributed by atoms with Gasteiger partial charge in [-0.1, -0.05) is 78.3 Å². The number of rotatable bonds is 12. The first-order valence-corrected chi connectivity index (χ1v) is 14.2. The maximum absolute atomic E-state index is 13.1. The number of hydrogen-bond acceptors (Lipinski definition) is 5. The van der Waals surface area contributed by atoms with Gasteiger partial charge in [0.05, 0.1) is 19.3 Å². The molecule has 0 saturated carbocycles. The SMILES string of the molecule is COC(=O)N[C@@H](Cc1cccc(-c2ccccc2)c1)C(=O)NCCCC1CNC[C@@H](CCc2ccc(Cl)cc2)O1. The molecule has 8 heteroatoms. The minimum absolute atomic E-state index is 0.102. The van der Waals surface area contributed by atoms with Crippen molar-refractivity contribution in [1.29, 1.82) is 0 Å². The predicted molar refractivity (Wildman–Crippen MR) is 158 cm³/mol. The number of aryl methyl sites for hydroxylation is 1. The molecular weight excluding hydrogens is 526 g/mol. The Hall–Kier alpha value is -3.39. The summed E-state index contributed by atoms with van der Waals surface area (Å²) in [6, 6.07) is 25.3. The summed E-state index contributed by atoms with van der Waals surface area (Å²) in [5.41, 5.74) is 4.35. The normalized spacial score (nSPS) is 17.6. The van der Waals surface area contributed by atoms with Crippen molar-refractivity contribution in [2.45, 2.75) is 50.4 Å². The molecule has 3 N–H and O–H groups in total. The third-order valence-electron chi connectivity index (χ3n) is 7.07. The highest BCUT2D eigenvalue weighted by atomic mass is 35.5. The zero-order valence-corrected chi connectivity index (χ0v) is 23.7. The number of nitrogens with one attached hydrogen (secondary N) is 3. The van der Waals surface area contributed by atoms with Crippen LogP contribution in [0.25, 0.3) is 11.1 Å². The molecule has 1 unspecified atom stereocenters. The van der Waals surface area contributed by atoms with Gasteiger partial charge in [0.2, 0.25) is 5.91 Å². The lowest BCUT2D eigenvalue weighted by Crippen LogP contribution is -2.48. The molecule has 0 aromatic heterocycles. The standard InChI is InChI=1S/C32H38ClN3O4/c1-39-32(38)36-30(20-24-7-5-10-26(19-24)25-8-3-2-4-9-25)31(37)35-18-6-11-28-21-34-22-29(40-28)17-14-23-12-15-27(33)16-13-23/h2-5,7-10,12-13,15-16,19,28-30,34H,6,11,14,17-18,20-22H2,1H3,(H,35,37)(H,36,38)/t28?,29-,30+/m1/s1. The first-order chi connectivity index (χ1) is 19.5. The van der Waals surface area contributed by atoms with Crippen molar-refractivity contribution in [3.8, 4) is 11.1 Å². The highest BCUT2D eigenvalue weighted by molar-refractivity contribution is 6.30. The summed E-state index contributed by atoms with van der Waals surface area (Å²) < 4.78 is 11.1. The summed E-state index contributed by atoms with van der Waals surface area (Å²) in [6.07, 6.45) is 3.46. The summed E-state index contributed by atoms with van der Waals surface area (Å²) in [4.78, 5) is 25.1. The molecule has 3 atom stereocenters. The molecular formula is C32H38ClN3O4. The lowest BCUT2D eigenvalue weighted by Gasteiger charge is -2.31. The van der Waals surface area contributed by atoms with E-state index < -0.39 is 12.1 Å². The Kier molecular flexibility index (Phi) is 11.4. The molecule has 4 rings (SSSR count). The van der Waals surface area contributed by atoms with Gasteiger partial charge in [-0.2, -0.15) is 0 Å². The van der Waals surface area contributed by atoms with Gasteiger partial charge in [0.15, 0.2) is 0 Å². The summed E-state index contributed by atoms with van der Waals surface area (Å²) in [5, 5.41) is 9.89. The fraction of sp³-hybridized carbons (Fsp3) is 0.375. The van der Waals surface area contributed by atoms with Crippen LogP contribution >= 0.6 is 11.6 Å². The van der Waals surface area contributed by atoms with Crippen LogP contribution in [-0.2, 0) is 27.1 Å². The maximum atomic E-state index is 13.1. The molecule has 0 bridgehead atoms. The molecule has 1 heterocycles. The van der Waals surface area contributed by atoms with E-state index in [2.05, 4.69) is 28.1 Å². The van der Waals surface area contributed by atoms with E-state index in [-0.39, 0.29) is 18.1 Å². The van der Waals surface area contributed by atoms with E-state index in [0.717, 1.165) is 60.5 Å². The van der Waals surface area contributed by atoms with Crippen LogP contribution in [0.2, 0.25) is 5.02 Å². The van der Waals surface area contributed by atoms with Gasteiger partial charge in [0.25, 0.3) is 0 Å². The molecule has 7 nitrogen and oxygen atoms in total. The molecule has 0 radical (unpaired) electrons. The molecule has 1 fully saturated rings. The third kappa shape index (κ3) is 9.37. The van der Waals surface area contributed by atoms with E-state index >= 15 is 0 Å². The second-order valence-corrected chi connectivity index (χ2v) is 10.5. The van der Waals surface area contributed by atoms with Crippen molar-refractivity contribution in [1.82, 2.24) is 16.0 Å². The average Bonchev–Trinajstić information content (AvgIpc) is 2.99. The van der Waals surface area contributed by atoms with Crippen LogP contribution in [0.1, 0.15) is 30.4 Å². The number of methoxy groups -OCH3 is 1. The average molecular weight is 564 g/mol. The second-order valence-electron chi connectivity index (χ2n) is 10.1. The zero-order chi connectivity index (χ0) is 28.2. The Morgan fingerprint density at radius 3 is 2.42 bits per heavy atom. The van der Waals surface area contributed by atoms with Gasteiger partial charge in [-0.05, 0) is 60.1 Å². The molecule has 0 spiro atoms. The number of amides is 2. The molecule has 3 aromatic carbocycles. The van der Waals surface area contributed by atoms with Crippen molar-refractivity contribution in [3.63, 3.8) is 0 Å². The number of benzene rings is 3. The minimum Gasteiger partial charge on any atom is -0.453 e. The fourth-order valence-electron chi connectivity index (χ4n) is 4.91. The van der Waals surface area contributed by atoms with Crippen molar-refractivity contribution in [2.75, 3.05) is 26.7 Å². The minimum atomic E-state index is -0.747. The molecule has 212 valence electrons. The fourth-order valence-corrected chi connectivity index (χ4v) is 5.04. The molecule has 1 aliphatic heterocycles. The van der Waals surface area contributed by atoms with Gasteiger partial charge in [-0.15, -0.1) is 0 Å². The lowest BCUT2D eigenvalue weighted by molar-refractivity contribution is -0.123. The Morgan fingerprint density at radius 1 is 0.950 bits per heavy atom. The third-order valence-corrected chi connectivity index (χ3v) is 7.32. The van der Waals surface area contributed by atoms with Gasteiger partial charge in [0, 0.05) is 31.1 Å². The van der Waals surface area contributed by atoms with Crippen LogP contribution in [-0.4, -0.2) is 57.0 Å². The maximum Gasteiger partial charge on any atom is 0.407 e. The van der Waals surface area contributed by atoms with Crippen LogP contribution in [0.15, 0.2) is 78.9 Å². The predicted octanol–water partition coefficient (Wildman–Crippen LogP) is 5.16. The largest absolute Gasteiger partial charge is 0.453 e. The van der Waals surface area contributed by atoms with Crippen LogP contribution in [0, 0.1) is 0 Å². The van der Waals surface area contributed by atoms with E-state index in [1.165, 1.54) is 12.7 Å².